The van der Waals surface area contributed by atoms with Crippen LogP contribution in [0.4, 0.5) is 17.2 Å². The van der Waals surface area contributed by atoms with Crippen LogP contribution >= 0.6 is 23.5 Å². The Kier molecular flexibility index (Phi) is 22.0. The highest BCUT2D eigenvalue weighted by Gasteiger charge is 2.48. The minimum Gasteiger partial charge on any atom is -0.460 e. The van der Waals surface area contributed by atoms with E-state index in [4.69, 9.17) is 19.3 Å². The van der Waals surface area contributed by atoms with E-state index in [1.165, 1.54) is 34.9 Å². The van der Waals surface area contributed by atoms with Crippen molar-refractivity contribution in [1.82, 2.24) is 24.8 Å². The number of nitrogens with one attached hydrogen (secondary N) is 2. The van der Waals surface area contributed by atoms with E-state index in [9.17, 15) is 59.3 Å². The average molecular weight is 1370 g/mol. The standard InChI is InChI=1S/C58H79N8O20P3S2/c1-9-66-45-32-47-42(31-41(45)38(2)34-57(66,6)7)39(29-50(83-47)56(3,4)5)19-13-12-14-20-49-58(8,43-30-40(91(79,80)81)22-23-44(43)64(49)27-18-28-90(76,77)78)24-17-21-51(68)59-25-15-10-11-16-26-60-54-53-55(62-36-61-54)65(37-63-53)52-33-46(67)48(84-52)35-82-88(72,73)86-89(74,75)85-87(69,70)71/h12-14,19-20,22-23,29-32,34,36-37,46,48,52,67H,9-11,15-18,21,24-28,33,35H2,1-8H3,(H7-,59,60,61,62,68,69,70,71,72,73,74,75,76,77,78,79,80,81)/p+1/t46-,48+,52+,58?/m0/s1. The molecule has 0 spiro atoms. The molecule has 4 aliphatic heterocycles. The third-order valence-corrected chi connectivity index (χ3v) is 21.4. The van der Waals surface area contributed by atoms with Gasteiger partial charge in [-0.05, 0) is 95.7 Å². The van der Waals surface area contributed by atoms with Crippen molar-refractivity contribution in [3.05, 3.63) is 108 Å². The lowest BCUT2D eigenvalue weighted by Crippen LogP contribution is -2.45. The molecule has 4 aromatic rings. The molecular weight excluding hydrogens is 1290 g/mol. The summed E-state index contributed by atoms with van der Waals surface area (Å²) in [6, 6.07) is 8.59. The van der Waals surface area contributed by atoms with Crippen molar-refractivity contribution in [3.8, 4) is 5.75 Å². The van der Waals surface area contributed by atoms with Gasteiger partial charge in [0.25, 0.3) is 20.2 Å². The van der Waals surface area contributed by atoms with Crippen molar-refractivity contribution in [2.24, 2.45) is 5.41 Å². The molecule has 8 rings (SSSR count). The molecule has 2 aromatic carbocycles. The molecule has 0 radical (unpaired) electrons. The van der Waals surface area contributed by atoms with Crippen molar-refractivity contribution in [1.29, 1.82) is 0 Å². The van der Waals surface area contributed by atoms with Gasteiger partial charge in [0.1, 0.15) is 36.7 Å². The highest BCUT2D eigenvalue weighted by Crippen LogP contribution is 2.66. The number of aliphatic hydroxyl groups excluding tert-OH is 1. The quantitative estimate of drug-likeness (QED) is 0.00803. The molecule has 9 N–H and O–H groups in total. The number of hydrogen-bond acceptors (Lipinski definition) is 19. The van der Waals surface area contributed by atoms with Crippen molar-refractivity contribution in [2.75, 3.05) is 48.8 Å². The number of phosphoric ester groups is 1. The SMILES string of the molecule is CCN1c2cc3c(cc2C(C)=CC1(C)C)C(=CC=CC=CC1=[N+](CCCS(=O)(=O)O)c2ccc(S(=O)(=O)O)cc2C1(C)CCCC(=O)NCCCCCCNc1ncnc2c1ncn2[C@H]1C[C@H](O)[C@@H](COP(=O)(O)OP(=O)(O)OP(=O)(O)O)O1)C=C(C(C)(C)C)O3. The van der Waals surface area contributed by atoms with Gasteiger partial charge in [-0.2, -0.15) is 30.0 Å². The number of hydrogen-bond donors (Lipinski definition) is 9. The smallest absolute Gasteiger partial charge is 0.460 e. The summed E-state index contributed by atoms with van der Waals surface area (Å²) in [5.74, 6) is 1.27. The Morgan fingerprint density at radius 3 is 2.31 bits per heavy atom. The first kappa shape index (κ1) is 71.2. The molecule has 33 heteroatoms. The second kappa shape index (κ2) is 28.1. The minimum atomic E-state index is -5.75. The topological polar surface area (TPSA) is 398 Å². The van der Waals surface area contributed by atoms with E-state index in [0.717, 1.165) is 59.7 Å². The van der Waals surface area contributed by atoms with Crippen LogP contribution in [0.2, 0.25) is 0 Å². The summed E-state index contributed by atoms with van der Waals surface area (Å²) in [7, 11) is -25.8. The number of likely N-dealkylation sites (N-methyl/N-ethyl adjacent to an activating group) is 1. The maximum atomic E-state index is 13.4. The van der Waals surface area contributed by atoms with Gasteiger partial charge in [-0.15, -0.1) is 0 Å². The van der Waals surface area contributed by atoms with Gasteiger partial charge in [0.2, 0.25) is 11.6 Å². The zero-order chi connectivity index (χ0) is 66.7. The summed E-state index contributed by atoms with van der Waals surface area (Å²) in [4.78, 5) is 65.2. The Hall–Kier alpha value is -5.62. The van der Waals surface area contributed by atoms with Crippen molar-refractivity contribution < 1.29 is 96.3 Å². The van der Waals surface area contributed by atoms with Crippen LogP contribution in [0, 0.1) is 5.41 Å². The van der Waals surface area contributed by atoms with E-state index >= 15 is 0 Å². The number of benzene rings is 2. The third-order valence-electron chi connectivity index (χ3n) is 16.0. The molecule has 28 nitrogen and oxygen atoms in total. The number of carbonyl (C=O) groups is 1. The van der Waals surface area contributed by atoms with Gasteiger partial charge >= 0.3 is 23.5 Å². The van der Waals surface area contributed by atoms with E-state index in [1.54, 1.807) is 6.07 Å². The lowest BCUT2D eigenvalue weighted by molar-refractivity contribution is -0.437. The van der Waals surface area contributed by atoms with Crippen LogP contribution in [0.3, 0.4) is 0 Å². The second-order valence-corrected chi connectivity index (χ2v) is 31.8. The highest BCUT2D eigenvalue weighted by molar-refractivity contribution is 7.86. The zero-order valence-electron chi connectivity index (χ0n) is 51.7. The van der Waals surface area contributed by atoms with Gasteiger partial charge in [-0.1, -0.05) is 64.0 Å². The number of amides is 1. The lowest BCUT2D eigenvalue weighted by Gasteiger charge is -2.43. The molecular formula is C58H80N8O20P3S2+. The van der Waals surface area contributed by atoms with E-state index < -0.39 is 79.9 Å². The number of aliphatic hydroxyl groups is 1. The molecule has 498 valence electrons. The molecule has 0 saturated carbocycles. The lowest BCUT2D eigenvalue weighted by atomic mass is 9.75. The van der Waals surface area contributed by atoms with Crippen molar-refractivity contribution >= 4 is 94.8 Å². The zero-order valence-corrected chi connectivity index (χ0v) is 56.0. The normalized spacial score (nSPS) is 22.0. The fourth-order valence-corrected chi connectivity index (χ4v) is 15.8. The summed E-state index contributed by atoms with van der Waals surface area (Å²) in [5.41, 5.74) is 6.37. The number of allylic oxidation sites excluding steroid dienone is 9. The Morgan fingerprint density at radius 1 is 0.901 bits per heavy atom. The molecule has 1 saturated heterocycles. The van der Waals surface area contributed by atoms with Gasteiger partial charge in [0.15, 0.2) is 22.7 Å². The van der Waals surface area contributed by atoms with E-state index in [0.29, 0.717) is 66.3 Å². The van der Waals surface area contributed by atoms with Gasteiger partial charge in [-0.25, -0.2) is 28.6 Å². The summed E-state index contributed by atoms with van der Waals surface area (Å²) >= 11 is 0. The molecule has 2 aromatic heterocycles. The summed E-state index contributed by atoms with van der Waals surface area (Å²) in [6.07, 6.45) is 16.9. The van der Waals surface area contributed by atoms with Crippen molar-refractivity contribution in [3.63, 3.8) is 0 Å². The Labute approximate surface area is 528 Å². The van der Waals surface area contributed by atoms with Crippen LogP contribution in [0.15, 0.2) is 96.2 Å². The number of phosphoric acid groups is 3. The fraction of sp³-hybridized carbons (Fsp3) is 0.500. The van der Waals surface area contributed by atoms with Crippen LogP contribution in [-0.2, 0) is 62.0 Å². The molecule has 1 fully saturated rings. The highest BCUT2D eigenvalue weighted by atomic mass is 32.2. The number of ether oxygens (including phenoxy) is 2. The van der Waals surface area contributed by atoms with E-state index in [-0.39, 0.29) is 47.6 Å². The van der Waals surface area contributed by atoms with Crippen LogP contribution in [0.1, 0.15) is 136 Å². The number of fused-ring (bicyclic) bond motifs is 4. The molecule has 91 heavy (non-hydrogen) atoms. The number of unbranched alkanes of at least 4 members (excludes halogenated alkanes) is 3. The largest absolute Gasteiger partial charge is 0.490 e. The van der Waals surface area contributed by atoms with E-state index in [2.05, 4.69) is 116 Å². The van der Waals surface area contributed by atoms with Gasteiger partial charge in [0, 0.05) is 84.9 Å². The number of rotatable bonds is 29. The molecule has 3 unspecified atom stereocenters. The van der Waals surface area contributed by atoms with Crippen LogP contribution in [-0.4, -0.2) is 143 Å². The van der Waals surface area contributed by atoms with Crippen LogP contribution in [0.5, 0.6) is 5.75 Å². The number of aromatic nitrogens is 4. The number of nitrogens with zero attached hydrogens (tertiary/aromatic N) is 6. The number of anilines is 2. The molecule has 4 aliphatic rings. The van der Waals surface area contributed by atoms with Gasteiger partial charge in [-0.3, -0.25) is 23.0 Å². The van der Waals surface area contributed by atoms with Crippen LogP contribution < -0.4 is 20.3 Å². The second-order valence-electron chi connectivity index (χ2n) is 24.4. The van der Waals surface area contributed by atoms with Crippen molar-refractivity contribution in [2.45, 2.75) is 147 Å². The maximum absolute atomic E-state index is 13.4. The molecule has 0 aliphatic carbocycles. The molecule has 1 amide bonds. The van der Waals surface area contributed by atoms with E-state index in [1.807, 2.05) is 41.9 Å². The summed E-state index contributed by atoms with van der Waals surface area (Å²) in [6.45, 7) is 17.9. The summed E-state index contributed by atoms with van der Waals surface area (Å²) < 4.78 is 132. The maximum Gasteiger partial charge on any atom is 0.490 e. The molecule has 0 bridgehead atoms. The first-order valence-corrected chi connectivity index (χ1v) is 37.1. The van der Waals surface area contributed by atoms with Gasteiger partial charge in [0.05, 0.1) is 40.6 Å². The predicted molar refractivity (Wildman–Crippen MR) is 340 cm³/mol. The molecule has 6 heterocycles. The Balaban J connectivity index is 0.874. The summed E-state index contributed by atoms with van der Waals surface area (Å²) in [5, 5.41) is 16.9. The minimum absolute atomic E-state index is 0.0301. The first-order chi connectivity index (χ1) is 42.4. The fourth-order valence-electron chi connectivity index (χ4n) is 11.8. The monoisotopic (exact) mass is 1370 g/mol. The number of carbonyl (C=O) groups excluding carboxylic acids is 1. The number of imidazole rings is 1. The predicted octanol–water partition coefficient (Wildman–Crippen LogP) is 9.20. The third kappa shape index (κ3) is 18.0. The Bertz CT molecular complexity index is 4010. The van der Waals surface area contributed by atoms with Crippen LogP contribution in [0.25, 0.3) is 22.3 Å². The molecule has 6 atom stereocenters. The Morgan fingerprint density at radius 2 is 1.63 bits per heavy atom. The average Bonchev–Trinajstić information content (AvgIpc) is 1.74. The van der Waals surface area contributed by atoms with Gasteiger partial charge < -0.3 is 49.7 Å². The first-order valence-electron chi connectivity index (χ1n) is 29.5.